The molecule has 2 nitrogen and oxygen atoms in total. The summed E-state index contributed by atoms with van der Waals surface area (Å²) < 4.78 is 15.8. The highest BCUT2D eigenvalue weighted by atomic mass is 35.7. The third-order valence-electron chi connectivity index (χ3n) is 1.30. The van der Waals surface area contributed by atoms with Crippen molar-refractivity contribution in [1.82, 2.24) is 0 Å². The topological polar surface area (TPSA) is 26.3 Å². The largest absolute Gasteiger partial charge is 0.495 e. The zero-order valence-corrected chi connectivity index (χ0v) is 8.54. The smallest absolute Gasteiger partial charge is 0.151 e. The Morgan fingerprint density at radius 1 is 1.50 bits per heavy atom. The van der Waals surface area contributed by atoms with E-state index >= 15 is 0 Å². The Kier molecular flexibility index (Phi) is 3.38. The van der Waals surface area contributed by atoms with E-state index in [0.717, 1.165) is 0 Å². The van der Waals surface area contributed by atoms with E-state index in [1.807, 2.05) is 0 Å². The number of rotatable bonds is 2. The highest BCUT2D eigenvalue weighted by molar-refractivity contribution is 8.08. The minimum Gasteiger partial charge on any atom is -0.495 e. The fourth-order valence-corrected chi connectivity index (χ4v) is 1.90. The van der Waals surface area contributed by atoms with Gasteiger partial charge in [0.15, 0.2) is 10.0 Å². The summed E-state index contributed by atoms with van der Waals surface area (Å²) in [4.78, 5) is 0.395. The van der Waals surface area contributed by atoms with E-state index in [9.17, 15) is 4.21 Å². The highest BCUT2D eigenvalue weighted by Crippen LogP contribution is 2.26. The van der Waals surface area contributed by atoms with Gasteiger partial charge < -0.3 is 4.74 Å². The summed E-state index contributed by atoms with van der Waals surface area (Å²) in [5.74, 6) is 0.479. The molecule has 0 aliphatic heterocycles. The molecule has 66 valence electrons. The third-order valence-corrected chi connectivity index (χ3v) is 2.70. The van der Waals surface area contributed by atoms with Crippen molar-refractivity contribution in [2.24, 2.45) is 0 Å². The standard InChI is InChI=1S/C7H6Cl2O2S/c1-11-6-3-2-5(8)4-7(6)12(9)10/h2-4H,1H3. The first-order valence-electron chi connectivity index (χ1n) is 3.06. The molecule has 0 fully saturated rings. The van der Waals surface area contributed by atoms with Crippen LogP contribution in [0.5, 0.6) is 5.75 Å². The van der Waals surface area contributed by atoms with Crippen molar-refractivity contribution in [3.05, 3.63) is 23.2 Å². The molecule has 0 aliphatic carbocycles. The second-order valence-corrected chi connectivity index (χ2v) is 4.18. The molecular formula is C7H6Cl2O2S. The Bertz CT molecular complexity index is 314. The van der Waals surface area contributed by atoms with Crippen LogP contribution in [-0.4, -0.2) is 11.3 Å². The summed E-state index contributed by atoms with van der Waals surface area (Å²) in [6.45, 7) is 0. The van der Waals surface area contributed by atoms with Crippen molar-refractivity contribution >= 4 is 32.3 Å². The number of halogens is 2. The zero-order chi connectivity index (χ0) is 9.14. The van der Waals surface area contributed by atoms with E-state index in [1.54, 1.807) is 12.1 Å². The Hall–Kier alpha value is -0.250. The van der Waals surface area contributed by atoms with Crippen LogP contribution >= 0.6 is 22.3 Å². The van der Waals surface area contributed by atoms with E-state index in [2.05, 4.69) is 0 Å². The van der Waals surface area contributed by atoms with Gasteiger partial charge >= 0.3 is 0 Å². The summed E-state index contributed by atoms with van der Waals surface area (Å²) in [5, 5.41) is 0.486. The van der Waals surface area contributed by atoms with Crippen LogP contribution in [-0.2, 0) is 10.0 Å². The lowest BCUT2D eigenvalue weighted by Gasteiger charge is -2.03. The van der Waals surface area contributed by atoms with E-state index in [1.165, 1.54) is 13.2 Å². The highest BCUT2D eigenvalue weighted by Gasteiger charge is 2.08. The van der Waals surface area contributed by atoms with Crippen LogP contribution in [0, 0.1) is 0 Å². The van der Waals surface area contributed by atoms with Crippen LogP contribution in [0.2, 0.25) is 5.02 Å². The van der Waals surface area contributed by atoms with Crippen molar-refractivity contribution in [2.45, 2.75) is 4.90 Å². The van der Waals surface area contributed by atoms with E-state index in [4.69, 9.17) is 27.0 Å². The van der Waals surface area contributed by atoms with Crippen LogP contribution in [0.3, 0.4) is 0 Å². The van der Waals surface area contributed by atoms with Gasteiger partial charge in [-0.25, -0.2) is 4.21 Å². The molecule has 1 aromatic rings. The molecular weight excluding hydrogens is 219 g/mol. The molecule has 0 saturated heterocycles. The summed E-state index contributed by atoms with van der Waals surface area (Å²) in [6, 6.07) is 4.79. The van der Waals surface area contributed by atoms with Crippen LogP contribution < -0.4 is 4.74 Å². The Balaban J connectivity index is 3.21. The minimum absolute atomic E-state index is 0.395. The predicted octanol–water partition coefficient (Wildman–Crippen LogP) is 2.61. The Morgan fingerprint density at radius 3 is 2.67 bits per heavy atom. The molecule has 0 saturated carbocycles. The SMILES string of the molecule is COc1ccc(Cl)cc1S(=O)Cl. The quantitative estimate of drug-likeness (QED) is 0.723. The number of benzene rings is 1. The van der Waals surface area contributed by atoms with E-state index in [-0.39, 0.29) is 0 Å². The summed E-state index contributed by atoms with van der Waals surface area (Å²) >= 11 is 5.67. The molecule has 0 aliphatic rings. The van der Waals surface area contributed by atoms with Gasteiger partial charge in [-0.05, 0) is 28.9 Å². The Labute approximate surface area is 82.4 Å². The van der Waals surface area contributed by atoms with Crippen molar-refractivity contribution in [2.75, 3.05) is 7.11 Å². The molecule has 0 amide bonds. The molecule has 0 radical (unpaired) electrons. The van der Waals surface area contributed by atoms with Gasteiger partial charge in [-0.2, -0.15) is 0 Å². The third kappa shape index (κ3) is 2.12. The molecule has 12 heavy (non-hydrogen) atoms. The zero-order valence-electron chi connectivity index (χ0n) is 6.21. The molecule has 0 N–H and O–H groups in total. The molecule has 5 heteroatoms. The predicted molar refractivity (Wildman–Crippen MR) is 50.3 cm³/mol. The molecule has 0 heterocycles. The second-order valence-electron chi connectivity index (χ2n) is 2.02. The summed E-state index contributed by atoms with van der Waals surface area (Å²) in [7, 11) is 5.29. The maximum Gasteiger partial charge on any atom is 0.151 e. The van der Waals surface area contributed by atoms with Gasteiger partial charge in [0.1, 0.15) is 5.75 Å². The van der Waals surface area contributed by atoms with Crippen LogP contribution in [0.1, 0.15) is 0 Å². The normalized spacial score (nSPS) is 12.6. The molecule has 1 unspecified atom stereocenters. The summed E-state index contributed by atoms with van der Waals surface area (Å²) in [5.41, 5.74) is 0. The number of methoxy groups -OCH3 is 1. The lowest BCUT2D eigenvalue weighted by Crippen LogP contribution is -1.90. The second kappa shape index (κ2) is 4.12. The monoisotopic (exact) mass is 224 g/mol. The number of ether oxygens (including phenoxy) is 1. The number of hydrogen-bond donors (Lipinski definition) is 0. The van der Waals surface area contributed by atoms with Gasteiger partial charge in [-0.15, -0.1) is 0 Å². The van der Waals surface area contributed by atoms with Crippen LogP contribution in [0.25, 0.3) is 0 Å². The molecule has 0 bridgehead atoms. The number of hydrogen-bond acceptors (Lipinski definition) is 2. The van der Waals surface area contributed by atoms with Crippen molar-refractivity contribution in [3.8, 4) is 5.75 Å². The van der Waals surface area contributed by atoms with Gasteiger partial charge in [0.25, 0.3) is 0 Å². The van der Waals surface area contributed by atoms with E-state index < -0.39 is 10.0 Å². The molecule has 0 spiro atoms. The van der Waals surface area contributed by atoms with Crippen LogP contribution in [0.15, 0.2) is 23.1 Å². The minimum atomic E-state index is -1.59. The van der Waals surface area contributed by atoms with Gasteiger partial charge in [0, 0.05) is 5.02 Å². The molecule has 1 rings (SSSR count). The molecule has 1 atom stereocenters. The average Bonchev–Trinajstić information content (AvgIpc) is 2.04. The van der Waals surface area contributed by atoms with Crippen LogP contribution in [0.4, 0.5) is 0 Å². The lowest BCUT2D eigenvalue weighted by molar-refractivity contribution is 0.404. The first kappa shape index (κ1) is 9.84. The Morgan fingerprint density at radius 2 is 2.17 bits per heavy atom. The van der Waals surface area contributed by atoms with Crippen molar-refractivity contribution in [3.63, 3.8) is 0 Å². The lowest BCUT2D eigenvalue weighted by atomic mass is 10.3. The maximum absolute atomic E-state index is 10.9. The maximum atomic E-state index is 10.9. The fourth-order valence-electron chi connectivity index (χ4n) is 0.776. The van der Waals surface area contributed by atoms with Gasteiger partial charge in [0.05, 0.1) is 12.0 Å². The first-order chi connectivity index (χ1) is 5.65. The van der Waals surface area contributed by atoms with Gasteiger partial charge in [0.2, 0.25) is 0 Å². The van der Waals surface area contributed by atoms with Gasteiger partial charge in [-0.3, -0.25) is 0 Å². The molecule has 1 aromatic carbocycles. The first-order valence-corrected chi connectivity index (χ1v) is 5.42. The molecule has 0 aromatic heterocycles. The average molecular weight is 225 g/mol. The van der Waals surface area contributed by atoms with Crippen molar-refractivity contribution in [1.29, 1.82) is 0 Å². The van der Waals surface area contributed by atoms with Gasteiger partial charge in [-0.1, -0.05) is 11.6 Å². The van der Waals surface area contributed by atoms with Crippen molar-refractivity contribution < 1.29 is 8.95 Å². The fraction of sp³-hybridized carbons (Fsp3) is 0.143. The van der Waals surface area contributed by atoms with E-state index in [0.29, 0.717) is 15.7 Å². The summed E-state index contributed by atoms with van der Waals surface area (Å²) in [6.07, 6.45) is 0.